The molecule has 0 fully saturated rings. The molecule has 0 amide bonds. The third kappa shape index (κ3) is 3.45. The number of allylic oxidation sites excluding steroid dienone is 1. The molecular formula is C4H5O. The molecule has 0 aromatic rings. The van der Waals surface area contributed by atoms with Crippen molar-refractivity contribution in [3.05, 3.63) is 6.08 Å². The lowest BCUT2D eigenvalue weighted by Crippen LogP contribution is -1.49. The molecule has 0 saturated carbocycles. The van der Waals surface area contributed by atoms with Crippen molar-refractivity contribution in [1.82, 2.24) is 0 Å². The van der Waals surface area contributed by atoms with Crippen LogP contribution in [-0.4, -0.2) is 5.94 Å². The molecule has 27 valence electrons. The molecule has 0 unspecified atom stereocenters. The van der Waals surface area contributed by atoms with Crippen LogP contribution >= 0.6 is 0 Å². The van der Waals surface area contributed by atoms with Crippen LogP contribution < -0.4 is 0 Å². The fourth-order valence-electron chi connectivity index (χ4n) is 0.0722. The smallest absolute Gasteiger partial charge is 0.128 e. The molecule has 0 aromatic carbocycles. The minimum atomic E-state index is 0.670. The molecular weight excluding hydrogens is 64.0 g/mol. The zero-order chi connectivity index (χ0) is 4.12. The van der Waals surface area contributed by atoms with Crippen molar-refractivity contribution in [3.8, 4) is 0 Å². The molecule has 0 aliphatic heterocycles. The summed E-state index contributed by atoms with van der Waals surface area (Å²) in [5, 5.41) is 0. The Morgan fingerprint density at radius 3 is 2.40 bits per heavy atom. The van der Waals surface area contributed by atoms with Crippen LogP contribution in [0.25, 0.3) is 0 Å². The Kier molecular flexibility index (Phi) is 3.07. The molecule has 1 nitrogen and oxygen atoms in total. The fraction of sp³-hybridized carbons (Fsp3) is 0.500. The van der Waals surface area contributed by atoms with E-state index < -0.39 is 0 Å². The molecule has 0 aliphatic rings. The van der Waals surface area contributed by atoms with E-state index in [1.807, 2.05) is 6.92 Å². The van der Waals surface area contributed by atoms with Gasteiger partial charge in [0.05, 0.1) is 0 Å². The van der Waals surface area contributed by atoms with E-state index >= 15 is 0 Å². The fourth-order valence-corrected chi connectivity index (χ4v) is 0.0722. The molecule has 0 aromatic heterocycles. The number of hydrogen-bond donors (Lipinski definition) is 0. The monoisotopic (exact) mass is 69.0 g/mol. The van der Waals surface area contributed by atoms with E-state index in [0.29, 0.717) is 6.42 Å². The largest absolute Gasteiger partial charge is 0.233 e. The van der Waals surface area contributed by atoms with Crippen LogP contribution in [-0.2, 0) is 4.79 Å². The van der Waals surface area contributed by atoms with Crippen LogP contribution in [0.3, 0.4) is 0 Å². The standard InChI is InChI=1S/C4H5O/c1-2-3-4-5/h2H2,1H3. The van der Waals surface area contributed by atoms with Crippen LogP contribution in [0.4, 0.5) is 0 Å². The van der Waals surface area contributed by atoms with Crippen molar-refractivity contribution in [1.29, 1.82) is 0 Å². The Bertz CT molecular complexity index is 50.7. The van der Waals surface area contributed by atoms with Crippen LogP contribution in [0.1, 0.15) is 13.3 Å². The van der Waals surface area contributed by atoms with E-state index in [-0.39, 0.29) is 0 Å². The molecule has 5 heavy (non-hydrogen) atoms. The average Bonchev–Trinajstić information content (AvgIpc) is 1.41. The van der Waals surface area contributed by atoms with Crippen molar-refractivity contribution in [3.63, 3.8) is 0 Å². The third-order valence-corrected chi connectivity index (χ3v) is 0.249. The minimum Gasteiger partial charge on any atom is -0.233 e. The molecule has 0 N–H and O–H groups in total. The summed E-state index contributed by atoms with van der Waals surface area (Å²) >= 11 is 0. The van der Waals surface area contributed by atoms with Gasteiger partial charge in [0.25, 0.3) is 0 Å². The quantitative estimate of drug-likeness (QED) is 0.412. The first-order valence-electron chi connectivity index (χ1n) is 1.51. The predicted molar refractivity (Wildman–Crippen MR) is 19.2 cm³/mol. The molecule has 0 heterocycles. The van der Waals surface area contributed by atoms with Crippen LogP contribution in [0.15, 0.2) is 0 Å². The highest BCUT2D eigenvalue weighted by Gasteiger charge is 1.55. The maximum atomic E-state index is 9.17. The average molecular weight is 69.1 g/mol. The van der Waals surface area contributed by atoms with Crippen molar-refractivity contribution >= 4 is 5.94 Å². The maximum Gasteiger partial charge on any atom is 0.128 e. The van der Waals surface area contributed by atoms with Gasteiger partial charge in [-0.15, -0.1) is 0 Å². The Morgan fingerprint density at radius 2 is 2.40 bits per heavy atom. The third-order valence-electron chi connectivity index (χ3n) is 0.249. The zero-order valence-corrected chi connectivity index (χ0v) is 3.12. The molecule has 0 bridgehead atoms. The Morgan fingerprint density at radius 1 is 1.80 bits per heavy atom. The summed E-state index contributed by atoms with van der Waals surface area (Å²) in [6.07, 6.45) is 2.98. The van der Waals surface area contributed by atoms with Gasteiger partial charge in [-0.25, -0.2) is 4.79 Å². The molecule has 0 saturated heterocycles. The predicted octanol–water partition coefficient (Wildman–Crippen LogP) is 0.587. The summed E-state index contributed by atoms with van der Waals surface area (Å²) in [4.78, 5) is 9.17. The van der Waals surface area contributed by atoms with Crippen LogP contribution in [0.5, 0.6) is 0 Å². The van der Waals surface area contributed by atoms with E-state index in [1.54, 1.807) is 0 Å². The van der Waals surface area contributed by atoms with E-state index in [1.165, 1.54) is 5.94 Å². The topological polar surface area (TPSA) is 17.1 Å². The Labute approximate surface area is 31.3 Å². The second-order valence-corrected chi connectivity index (χ2v) is 0.632. The first kappa shape index (κ1) is 4.45. The summed E-state index contributed by atoms with van der Waals surface area (Å²) in [6, 6.07) is 0. The summed E-state index contributed by atoms with van der Waals surface area (Å²) in [7, 11) is 0. The van der Waals surface area contributed by atoms with E-state index in [9.17, 15) is 0 Å². The highest BCUT2D eigenvalue weighted by atomic mass is 16.1. The van der Waals surface area contributed by atoms with Gasteiger partial charge in [-0.1, -0.05) is 6.92 Å². The van der Waals surface area contributed by atoms with Gasteiger partial charge in [0.15, 0.2) is 0 Å². The van der Waals surface area contributed by atoms with Gasteiger partial charge in [0.1, 0.15) is 5.94 Å². The lowest BCUT2D eigenvalue weighted by atomic mass is 10.5. The van der Waals surface area contributed by atoms with Gasteiger partial charge in [0.2, 0.25) is 0 Å². The van der Waals surface area contributed by atoms with Gasteiger partial charge in [-0.3, -0.25) is 0 Å². The number of rotatable bonds is 1. The highest BCUT2D eigenvalue weighted by molar-refractivity contribution is 5.40. The van der Waals surface area contributed by atoms with Gasteiger partial charge in [-0.2, -0.15) is 0 Å². The van der Waals surface area contributed by atoms with Gasteiger partial charge < -0.3 is 0 Å². The molecule has 1 radical (unpaired) electrons. The molecule has 0 spiro atoms. The normalized spacial score (nSPS) is 5.80. The van der Waals surface area contributed by atoms with Crippen molar-refractivity contribution < 1.29 is 4.79 Å². The number of carbonyl (C=O) groups excluding carboxylic acids is 1. The Balaban J connectivity index is 2.93. The van der Waals surface area contributed by atoms with Crippen LogP contribution in [0, 0.1) is 6.08 Å². The highest BCUT2D eigenvalue weighted by Crippen LogP contribution is 1.63. The lowest BCUT2D eigenvalue weighted by molar-refractivity contribution is 0.567. The Hall–Kier alpha value is -0.550. The summed E-state index contributed by atoms with van der Waals surface area (Å²) in [5.41, 5.74) is 0. The zero-order valence-electron chi connectivity index (χ0n) is 3.12. The van der Waals surface area contributed by atoms with Crippen molar-refractivity contribution in [2.45, 2.75) is 13.3 Å². The van der Waals surface area contributed by atoms with Gasteiger partial charge in [-0.05, 0) is 6.42 Å². The SMILES string of the molecule is CC[C]=C=O. The van der Waals surface area contributed by atoms with E-state index in [2.05, 4.69) is 6.08 Å². The molecule has 0 atom stereocenters. The number of hydrogen-bond acceptors (Lipinski definition) is 1. The first-order valence-corrected chi connectivity index (χ1v) is 1.51. The van der Waals surface area contributed by atoms with Crippen molar-refractivity contribution in [2.75, 3.05) is 0 Å². The summed E-state index contributed by atoms with van der Waals surface area (Å²) < 4.78 is 0. The molecule has 0 rings (SSSR count). The van der Waals surface area contributed by atoms with Crippen molar-refractivity contribution in [2.24, 2.45) is 0 Å². The summed E-state index contributed by atoms with van der Waals surface area (Å²) in [5.74, 6) is 1.52. The van der Waals surface area contributed by atoms with E-state index in [4.69, 9.17) is 4.79 Å². The minimum absolute atomic E-state index is 0.670. The lowest BCUT2D eigenvalue weighted by Gasteiger charge is -1.53. The molecule has 0 aliphatic carbocycles. The van der Waals surface area contributed by atoms with E-state index in [0.717, 1.165) is 0 Å². The second kappa shape index (κ2) is 3.45. The molecule has 1 heteroatoms. The van der Waals surface area contributed by atoms with Gasteiger partial charge in [0, 0.05) is 6.08 Å². The maximum absolute atomic E-state index is 9.17. The second-order valence-electron chi connectivity index (χ2n) is 0.632. The van der Waals surface area contributed by atoms with Gasteiger partial charge >= 0.3 is 0 Å². The summed E-state index contributed by atoms with van der Waals surface area (Å²) in [6.45, 7) is 1.84. The van der Waals surface area contributed by atoms with Crippen LogP contribution in [0.2, 0.25) is 0 Å². The first-order chi connectivity index (χ1) is 2.41.